The Labute approximate surface area is 194 Å². The van der Waals surface area contributed by atoms with Crippen LogP contribution in [0.25, 0.3) is 11.1 Å². The monoisotopic (exact) mass is 452 g/mol. The first-order valence-corrected chi connectivity index (χ1v) is 11.3. The Balaban J connectivity index is 1.36. The largest absolute Gasteiger partial charge is 0.459 e. The van der Waals surface area contributed by atoms with Gasteiger partial charge in [-0.15, -0.1) is 0 Å². The highest BCUT2D eigenvalue weighted by Gasteiger charge is 2.38. The summed E-state index contributed by atoms with van der Waals surface area (Å²) < 4.78 is 11.1. The van der Waals surface area contributed by atoms with Crippen LogP contribution in [0.4, 0.5) is 4.79 Å². The number of ether oxygens (including phenoxy) is 2. The Morgan fingerprint density at radius 3 is 2.18 bits per heavy atom. The van der Waals surface area contributed by atoms with Crippen LogP contribution in [-0.4, -0.2) is 78.0 Å². The molecule has 4 rings (SSSR count). The summed E-state index contributed by atoms with van der Waals surface area (Å²) in [6.07, 6.45) is -1.22. The summed E-state index contributed by atoms with van der Waals surface area (Å²) in [5.74, 6) is -0.378. The quantitative estimate of drug-likeness (QED) is 0.702. The van der Waals surface area contributed by atoms with Gasteiger partial charge in [-0.25, -0.2) is 4.79 Å². The molecule has 2 aromatic rings. The van der Waals surface area contributed by atoms with Crippen LogP contribution >= 0.6 is 0 Å². The molecule has 176 valence electrons. The number of aliphatic hydroxyl groups is 1. The van der Waals surface area contributed by atoms with Gasteiger partial charge in [-0.05, 0) is 50.1 Å². The Morgan fingerprint density at radius 2 is 1.61 bits per heavy atom. The minimum atomic E-state index is -0.766. The zero-order valence-electron chi connectivity index (χ0n) is 19.7. The molecule has 1 amide bonds. The third-order valence-electron chi connectivity index (χ3n) is 6.22. The Kier molecular flexibility index (Phi) is 6.45. The van der Waals surface area contributed by atoms with E-state index >= 15 is 0 Å². The molecule has 7 nitrogen and oxygen atoms in total. The summed E-state index contributed by atoms with van der Waals surface area (Å²) >= 11 is 0. The first-order valence-electron chi connectivity index (χ1n) is 11.3. The van der Waals surface area contributed by atoms with E-state index < -0.39 is 17.8 Å². The minimum Gasteiger partial charge on any atom is -0.459 e. The lowest BCUT2D eigenvalue weighted by molar-refractivity contribution is -0.156. The Bertz CT molecular complexity index is 986. The maximum atomic E-state index is 12.8. The molecule has 0 bridgehead atoms. The number of benzene rings is 2. The molecule has 0 radical (unpaired) electrons. The topological polar surface area (TPSA) is 79.3 Å². The third-order valence-corrected chi connectivity index (χ3v) is 6.22. The van der Waals surface area contributed by atoms with E-state index in [1.165, 1.54) is 16.0 Å². The van der Waals surface area contributed by atoms with Crippen LogP contribution in [-0.2, 0) is 14.3 Å². The second-order valence-electron chi connectivity index (χ2n) is 9.85. The lowest BCUT2D eigenvalue weighted by Gasteiger charge is -2.27. The maximum Gasteiger partial charge on any atom is 0.409 e. The first kappa shape index (κ1) is 23.3. The van der Waals surface area contributed by atoms with E-state index in [4.69, 9.17) is 9.47 Å². The summed E-state index contributed by atoms with van der Waals surface area (Å²) in [5.41, 5.74) is 4.09. The molecule has 1 fully saturated rings. The smallest absolute Gasteiger partial charge is 0.409 e. The molecule has 0 saturated carbocycles. The average Bonchev–Trinajstić information content (AvgIpc) is 3.29. The molecule has 0 aromatic heterocycles. The van der Waals surface area contributed by atoms with Crippen LogP contribution in [0.5, 0.6) is 0 Å². The fourth-order valence-corrected chi connectivity index (χ4v) is 4.73. The predicted molar refractivity (Wildman–Crippen MR) is 125 cm³/mol. The van der Waals surface area contributed by atoms with E-state index in [0.717, 1.165) is 11.1 Å². The molecule has 0 spiro atoms. The molecule has 1 N–H and O–H groups in total. The van der Waals surface area contributed by atoms with Gasteiger partial charge in [-0.3, -0.25) is 9.69 Å². The number of fused-ring (bicyclic) bond motifs is 3. The number of aliphatic hydroxyl groups excluding tert-OH is 1. The number of nitrogens with zero attached hydrogens (tertiary/aromatic N) is 2. The number of carbonyl (C=O) groups excluding carboxylic acids is 2. The number of hydrogen-bond donors (Lipinski definition) is 1. The number of amides is 1. The summed E-state index contributed by atoms with van der Waals surface area (Å²) in [5, 5.41) is 10.5. The van der Waals surface area contributed by atoms with E-state index in [2.05, 4.69) is 24.3 Å². The van der Waals surface area contributed by atoms with E-state index in [1.807, 2.05) is 45.0 Å². The van der Waals surface area contributed by atoms with Gasteiger partial charge in [0.25, 0.3) is 0 Å². The number of esters is 1. The van der Waals surface area contributed by atoms with Gasteiger partial charge in [-0.2, -0.15) is 0 Å². The van der Waals surface area contributed by atoms with Gasteiger partial charge in [0.15, 0.2) is 0 Å². The van der Waals surface area contributed by atoms with Crippen molar-refractivity contribution in [3.8, 4) is 11.1 Å². The van der Waals surface area contributed by atoms with Crippen molar-refractivity contribution in [3.05, 3.63) is 59.7 Å². The second kappa shape index (κ2) is 9.15. The highest BCUT2D eigenvalue weighted by atomic mass is 16.6. The zero-order chi connectivity index (χ0) is 23.8. The summed E-state index contributed by atoms with van der Waals surface area (Å²) in [4.78, 5) is 28.2. The maximum absolute atomic E-state index is 12.8. The highest BCUT2D eigenvalue weighted by Crippen LogP contribution is 2.44. The zero-order valence-corrected chi connectivity index (χ0v) is 19.7. The number of hydrogen-bond acceptors (Lipinski definition) is 6. The second-order valence-corrected chi connectivity index (χ2v) is 9.85. The molecular formula is C26H32N2O5. The van der Waals surface area contributed by atoms with Crippen molar-refractivity contribution in [2.24, 2.45) is 0 Å². The highest BCUT2D eigenvalue weighted by molar-refractivity contribution is 5.79. The third kappa shape index (κ3) is 5.04. The van der Waals surface area contributed by atoms with Crippen molar-refractivity contribution in [2.45, 2.75) is 44.4 Å². The number of likely N-dealkylation sites (N-methyl/N-ethyl adjacent to an activating group) is 1. The van der Waals surface area contributed by atoms with Crippen molar-refractivity contribution in [1.82, 2.24) is 9.80 Å². The van der Waals surface area contributed by atoms with Crippen LogP contribution in [0.3, 0.4) is 0 Å². The summed E-state index contributed by atoms with van der Waals surface area (Å²) in [7, 11) is 1.75. The lowest BCUT2D eigenvalue weighted by atomic mass is 9.98. The number of carbonyl (C=O) groups is 2. The van der Waals surface area contributed by atoms with Crippen LogP contribution in [0.1, 0.15) is 37.8 Å². The molecule has 0 unspecified atom stereocenters. The Hall–Kier alpha value is -2.90. The van der Waals surface area contributed by atoms with Gasteiger partial charge in [0.2, 0.25) is 0 Å². The molecule has 7 heteroatoms. The van der Waals surface area contributed by atoms with E-state index in [9.17, 15) is 14.7 Å². The number of β-amino-alcohol motifs (C(OH)–C–C–N with tert-alkyl or cyclic N) is 1. The van der Waals surface area contributed by atoms with E-state index in [1.54, 1.807) is 11.9 Å². The van der Waals surface area contributed by atoms with Crippen molar-refractivity contribution in [2.75, 3.05) is 33.3 Å². The molecule has 2 atom stereocenters. The van der Waals surface area contributed by atoms with Crippen molar-refractivity contribution >= 4 is 12.1 Å². The van der Waals surface area contributed by atoms with E-state index in [0.29, 0.717) is 0 Å². The molecular weight excluding hydrogens is 420 g/mol. The van der Waals surface area contributed by atoms with Crippen LogP contribution < -0.4 is 0 Å². The summed E-state index contributed by atoms with van der Waals surface area (Å²) in [6.45, 7) is 6.17. The van der Waals surface area contributed by atoms with Gasteiger partial charge in [-0.1, -0.05) is 48.5 Å². The fourth-order valence-electron chi connectivity index (χ4n) is 4.73. The van der Waals surface area contributed by atoms with Crippen LogP contribution in [0.2, 0.25) is 0 Å². The molecule has 2 aliphatic rings. The van der Waals surface area contributed by atoms with Gasteiger partial charge in [0.05, 0.1) is 25.2 Å². The lowest BCUT2D eigenvalue weighted by Crippen LogP contribution is -2.44. The molecule has 1 aliphatic carbocycles. The molecule has 2 aromatic carbocycles. The van der Waals surface area contributed by atoms with Crippen molar-refractivity contribution in [1.29, 1.82) is 0 Å². The SMILES string of the molecule is CN(CC(=O)OC(C)(C)C)[C@@H]1CN(C(=O)OCC2c3ccccc3-c3ccccc32)C[C@H]1O. The van der Waals surface area contributed by atoms with Crippen molar-refractivity contribution < 1.29 is 24.2 Å². The number of rotatable bonds is 5. The van der Waals surface area contributed by atoms with Crippen LogP contribution in [0.15, 0.2) is 48.5 Å². The van der Waals surface area contributed by atoms with Gasteiger partial charge < -0.3 is 19.5 Å². The molecule has 1 saturated heterocycles. The molecule has 33 heavy (non-hydrogen) atoms. The molecule has 1 aliphatic heterocycles. The standard InChI is InChI=1S/C26H32N2O5/c1-26(2,3)33-24(30)15-27(4)22-13-28(14-23(22)29)25(31)32-16-21-19-11-7-5-9-17(19)18-10-6-8-12-20(18)21/h5-12,21-23,29H,13-16H2,1-4H3/t22-,23-/m1/s1. The van der Waals surface area contributed by atoms with Crippen molar-refractivity contribution in [3.63, 3.8) is 0 Å². The van der Waals surface area contributed by atoms with Crippen LogP contribution in [0, 0.1) is 0 Å². The predicted octanol–water partition coefficient (Wildman–Crippen LogP) is 3.25. The average molecular weight is 453 g/mol. The molecule has 1 heterocycles. The van der Waals surface area contributed by atoms with Gasteiger partial charge in [0.1, 0.15) is 12.2 Å². The number of likely N-dealkylation sites (tertiary alicyclic amines) is 1. The summed E-state index contributed by atoms with van der Waals surface area (Å²) in [6, 6.07) is 16.0. The van der Waals surface area contributed by atoms with Gasteiger partial charge in [0, 0.05) is 12.5 Å². The van der Waals surface area contributed by atoms with Gasteiger partial charge >= 0.3 is 12.1 Å². The van der Waals surface area contributed by atoms with E-state index in [-0.39, 0.29) is 44.2 Å². The Morgan fingerprint density at radius 1 is 1.03 bits per heavy atom. The minimum absolute atomic E-state index is 0.0143. The first-order chi connectivity index (χ1) is 15.6. The fraction of sp³-hybridized carbons (Fsp3) is 0.462. The normalized spacial score (nSPS) is 20.0.